The SMILES string of the molecule is O=C(c1cc2cc(F)ccc2s1)N1CC(S(=O)(=O)c2ccc(F)cc2)C1. The summed E-state index contributed by atoms with van der Waals surface area (Å²) in [5, 5.41) is -0.0573. The fourth-order valence-corrected chi connectivity index (χ4v) is 5.56. The Morgan fingerprint density at radius 2 is 1.65 bits per heavy atom. The van der Waals surface area contributed by atoms with Crippen molar-refractivity contribution in [3.8, 4) is 0 Å². The molecule has 1 aliphatic rings. The quantitative estimate of drug-likeness (QED) is 0.640. The summed E-state index contributed by atoms with van der Waals surface area (Å²) in [6.45, 7) is 0.169. The molecule has 1 fully saturated rings. The number of thiophene rings is 1. The number of hydrogen-bond donors (Lipinski definition) is 0. The van der Waals surface area contributed by atoms with Crippen LogP contribution < -0.4 is 0 Å². The third-order valence-corrected chi connectivity index (χ3v) is 7.61. The summed E-state index contributed by atoms with van der Waals surface area (Å²) in [5.74, 6) is -1.14. The number of likely N-dealkylation sites (tertiary alicyclic amines) is 1. The highest BCUT2D eigenvalue weighted by Gasteiger charge is 2.41. The van der Waals surface area contributed by atoms with Crippen LogP contribution in [0.2, 0.25) is 0 Å². The maximum Gasteiger partial charge on any atom is 0.264 e. The van der Waals surface area contributed by atoms with Crippen LogP contribution in [0.15, 0.2) is 53.4 Å². The first-order valence-electron chi connectivity index (χ1n) is 7.82. The van der Waals surface area contributed by atoms with E-state index in [4.69, 9.17) is 0 Å². The van der Waals surface area contributed by atoms with Crippen LogP contribution in [-0.4, -0.2) is 37.6 Å². The molecule has 0 N–H and O–H groups in total. The predicted molar refractivity (Wildman–Crippen MR) is 95.1 cm³/mol. The van der Waals surface area contributed by atoms with Gasteiger partial charge >= 0.3 is 0 Å². The summed E-state index contributed by atoms with van der Waals surface area (Å²) < 4.78 is 52.1. The molecule has 26 heavy (non-hydrogen) atoms. The van der Waals surface area contributed by atoms with E-state index in [1.165, 1.54) is 40.5 Å². The van der Waals surface area contributed by atoms with Crippen LogP contribution in [0.5, 0.6) is 0 Å². The summed E-state index contributed by atoms with van der Waals surface area (Å²) in [6, 6.07) is 10.6. The van der Waals surface area contributed by atoms with E-state index < -0.39 is 20.9 Å². The first-order valence-corrected chi connectivity index (χ1v) is 10.2. The van der Waals surface area contributed by atoms with Crippen LogP contribution >= 0.6 is 11.3 Å². The zero-order valence-electron chi connectivity index (χ0n) is 13.4. The van der Waals surface area contributed by atoms with Gasteiger partial charge in [-0.1, -0.05) is 0 Å². The van der Waals surface area contributed by atoms with Crippen LogP contribution in [0.4, 0.5) is 8.78 Å². The summed E-state index contributed by atoms with van der Waals surface area (Å²) in [7, 11) is -3.60. The Labute approximate surface area is 152 Å². The van der Waals surface area contributed by atoms with Crippen molar-refractivity contribution >= 4 is 37.2 Å². The van der Waals surface area contributed by atoms with E-state index in [1.807, 2.05) is 0 Å². The molecule has 1 saturated heterocycles. The molecule has 2 aromatic carbocycles. The van der Waals surface area contributed by atoms with Crippen LogP contribution in [0, 0.1) is 11.6 Å². The van der Waals surface area contributed by atoms with E-state index in [-0.39, 0.29) is 29.7 Å². The van der Waals surface area contributed by atoms with Crippen molar-refractivity contribution in [2.24, 2.45) is 0 Å². The number of carbonyl (C=O) groups is 1. The summed E-state index contributed by atoms with van der Waals surface area (Å²) >= 11 is 1.25. The van der Waals surface area contributed by atoms with Crippen molar-refractivity contribution in [1.29, 1.82) is 0 Å². The third-order valence-electron chi connectivity index (χ3n) is 4.41. The van der Waals surface area contributed by atoms with E-state index in [9.17, 15) is 22.0 Å². The van der Waals surface area contributed by atoms with Gasteiger partial charge in [0.05, 0.1) is 9.77 Å². The number of halogens is 2. The van der Waals surface area contributed by atoms with Gasteiger partial charge in [0.25, 0.3) is 5.91 Å². The lowest BCUT2D eigenvalue weighted by atomic mass is 10.2. The van der Waals surface area contributed by atoms with Crippen molar-refractivity contribution in [3.05, 3.63) is 65.0 Å². The number of sulfone groups is 1. The van der Waals surface area contributed by atoms with Crippen molar-refractivity contribution in [1.82, 2.24) is 4.90 Å². The maximum atomic E-state index is 13.3. The molecule has 1 aromatic heterocycles. The van der Waals surface area contributed by atoms with Gasteiger partial charge in [-0.05, 0) is 53.9 Å². The fourth-order valence-electron chi connectivity index (χ4n) is 2.89. The van der Waals surface area contributed by atoms with Crippen LogP contribution in [-0.2, 0) is 9.84 Å². The number of hydrogen-bond acceptors (Lipinski definition) is 4. The van der Waals surface area contributed by atoms with Crippen LogP contribution in [0.3, 0.4) is 0 Å². The van der Waals surface area contributed by atoms with Crippen LogP contribution in [0.1, 0.15) is 9.67 Å². The fraction of sp³-hybridized carbons (Fsp3) is 0.167. The van der Waals surface area contributed by atoms with Crippen LogP contribution in [0.25, 0.3) is 10.1 Å². The van der Waals surface area contributed by atoms with E-state index >= 15 is 0 Å². The van der Waals surface area contributed by atoms with Gasteiger partial charge in [-0.25, -0.2) is 17.2 Å². The lowest BCUT2D eigenvalue weighted by molar-refractivity contribution is 0.0664. The third kappa shape index (κ3) is 2.89. The van der Waals surface area contributed by atoms with E-state index in [0.717, 1.165) is 16.8 Å². The molecule has 3 aromatic rings. The van der Waals surface area contributed by atoms with Gasteiger partial charge < -0.3 is 4.90 Å². The molecule has 4 rings (SSSR count). The zero-order chi connectivity index (χ0) is 18.5. The smallest absolute Gasteiger partial charge is 0.264 e. The zero-order valence-corrected chi connectivity index (χ0v) is 15.0. The second kappa shape index (κ2) is 6.14. The van der Waals surface area contributed by atoms with Gasteiger partial charge in [0.15, 0.2) is 9.84 Å². The highest BCUT2D eigenvalue weighted by molar-refractivity contribution is 7.92. The highest BCUT2D eigenvalue weighted by Crippen LogP contribution is 2.30. The molecule has 1 amide bonds. The molecule has 0 saturated carbocycles. The van der Waals surface area contributed by atoms with Gasteiger partial charge in [0.1, 0.15) is 16.9 Å². The van der Waals surface area contributed by atoms with Crippen molar-refractivity contribution in [2.45, 2.75) is 10.1 Å². The molecule has 0 spiro atoms. The lowest BCUT2D eigenvalue weighted by Crippen LogP contribution is -2.56. The molecule has 0 bridgehead atoms. The van der Waals surface area contributed by atoms with Crippen molar-refractivity contribution in [3.63, 3.8) is 0 Å². The first-order chi connectivity index (χ1) is 12.3. The van der Waals surface area contributed by atoms with Gasteiger partial charge in [-0.2, -0.15) is 0 Å². The van der Waals surface area contributed by atoms with Gasteiger partial charge in [0, 0.05) is 17.8 Å². The Morgan fingerprint density at radius 3 is 2.35 bits per heavy atom. The molecular formula is C18H13F2NO3S2. The Bertz CT molecular complexity index is 1100. The Hall–Kier alpha value is -2.32. The second-order valence-corrected chi connectivity index (χ2v) is 9.44. The molecule has 0 unspecified atom stereocenters. The molecule has 0 radical (unpaired) electrons. The van der Waals surface area contributed by atoms with Gasteiger partial charge in [-0.3, -0.25) is 4.79 Å². The lowest BCUT2D eigenvalue weighted by Gasteiger charge is -2.38. The summed E-state index contributed by atoms with van der Waals surface area (Å²) in [5.41, 5.74) is 0. The average Bonchev–Trinajstić information content (AvgIpc) is 2.96. The van der Waals surface area contributed by atoms with E-state index in [1.54, 1.807) is 12.1 Å². The minimum absolute atomic E-state index is 0.0494. The summed E-state index contributed by atoms with van der Waals surface area (Å²) in [6.07, 6.45) is 0. The first kappa shape index (κ1) is 17.1. The molecule has 134 valence electrons. The Kier molecular flexibility index (Phi) is 4.04. The summed E-state index contributed by atoms with van der Waals surface area (Å²) in [4.78, 5) is 14.5. The highest BCUT2D eigenvalue weighted by atomic mass is 32.2. The second-order valence-electron chi connectivity index (χ2n) is 6.12. The van der Waals surface area contributed by atoms with Gasteiger partial charge in [0.2, 0.25) is 0 Å². The predicted octanol–water partition coefficient (Wildman–Crippen LogP) is 3.48. The number of benzene rings is 2. The van der Waals surface area contributed by atoms with Gasteiger partial charge in [-0.15, -0.1) is 11.3 Å². The molecule has 0 aliphatic carbocycles. The molecule has 0 atom stereocenters. The number of carbonyl (C=O) groups excluding carboxylic acids is 1. The van der Waals surface area contributed by atoms with Crippen molar-refractivity contribution < 1.29 is 22.0 Å². The van der Waals surface area contributed by atoms with E-state index in [0.29, 0.717) is 10.3 Å². The average molecular weight is 393 g/mol. The molecule has 2 heterocycles. The van der Waals surface area contributed by atoms with Crippen molar-refractivity contribution in [2.75, 3.05) is 13.1 Å². The number of amides is 1. The largest absolute Gasteiger partial charge is 0.335 e. The molecule has 1 aliphatic heterocycles. The normalized spacial score (nSPS) is 15.2. The molecule has 4 nitrogen and oxygen atoms in total. The number of fused-ring (bicyclic) bond motifs is 1. The monoisotopic (exact) mass is 393 g/mol. The standard InChI is InChI=1S/C18H13F2NO3S2/c19-12-1-4-14(5-2-12)26(23,24)15-9-21(10-15)18(22)17-8-11-7-13(20)3-6-16(11)25-17/h1-8,15H,9-10H2. The maximum absolute atomic E-state index is 13.3. The van der Waals surface area contributed by atoms with E-state index in [2.05, 4.69) is 0 Å². The molecule has 8 heteroatoms. The Balaban J connectivity index is 1.49. The minimum Gasteiger partial charge on any atom is -0.335 e. The molecular weight excluding hydrogens is 380 g/mol. The number of rotatable bonds is 3. The minimum atomic E-state index is -3.60. The topological polar surface area (TPSA) is 54.5 Å². The Morgan fingerprint density at radius 1 is 1.00 bits per heavy atom. The number of nitrogens with zero attached hydrogens (tertiary/aromatic N) is 1.